The van der Waals surface area contributed by atoms with Gasteiger partial charge in [0, 0.05) is 5.38 Å². The third-order valence-corrected chi connectivity index (χ3v) is 2.83. The standard InChI is InChI=1S/C10H9Cl2N3O3S.ClH/c1-2-3-18-15-8(9(12)17)6-5-19-10(13-6)14-7(16)4-11;/h2,5H,1,3-4H2,(H,13,14,16);1H. The summed E-state index contributed by atoms with van der Waals surface area (Å²) < 4.78 is 0. The lowest BCUT2D eigenvalue weighted by Crippen LogP contribution is -2.14. The zero-order valence-electron chi connectivity index (χ0n) is 9.97. The molecule has 0 spiro atoms. The number of thiazole rings is 1. The second-order valence-electron chi connectivity index (χ2n) is 3.02. The third-order valence-electron chi connectivity index (χ3n) is 1.65. The maximum Gasteiger partial charge on any atom is 0.276 e. The molecule has 0 aliphatic heterocycles. The van der Waals surface area contributed by atoms with E-state index >= 15 is 0 Å². The van der Waals surface area contributed by atoms with Crippen LogP contribution in [-0.4, -0.2) is 34.3 Å². The van der Waals surface area contributed by atoms with Crippen molar-refractivity contribution in [3.63, 3.8) is 0 Å². The van der Waals surface area contributed by atoms with E-state index in [0.717, 1.165) is 11.3 Å². The summed E-state index contributed by atoms with van der Waals surface area (Å²) >= 11 is 11.8. The molecule has 0 atom stereocenters. The van der Waals surface area contributed by atoms with Gasteiger partial charge in [-0.15, -0.1) is 35.3 Å². The van der Waals surface area contributed by atoms with Crippen molar-refractivity contribution in [2.75, 3.05) is 17.8 Å². The zero-order chi connectivity index (χ0) is 14.3. The quantitative estimate of drug-likeness (QED) is 0.203. The van der Waals surface area contributed by atoms with Gasteiger partial charge in [0.25, 0.3) is 5.24 Å². The summed E-state index contributed by atoms with van der Waals surface area (Å²) in [5.74, 6) is -0.589. The summed E-state index contributed by atoms with van der Waals surface area (Å²) in [4.78, 5) is 31.1. The minimum Gasteiger partial charge on any atom is -0.391 e. The Morgan fingerprint density at radius 1 is 1.60 bits per heavy atom. The van der Waals surface area contributed by atoms with E-state index < -0.39 is 11.1 Å². The third kappa shape index (κ3) is 5.87. The van der Waals surface area contributed by atoms with E-state index in [-0.39, 0.29) is 41.4 Å². The molecule has 0 aromatic carbocycles. The van der Waals surface area contributed by atoms with Crippen molar-refractivity contribution in [1.82, 2.24) is 4.98 Å². The first kappa shape index (κ1) is 18.9. The Hall–Kier alpha value is -1.15. The molecule has 20 heavy (non-hydrogen) atoms. The topological polar surface area (TPSA) is 80.6 Å². The van der Waals surface area contributed by atoms with Crippen LogP contribution in [0.3, 0.4) is 0 Å². The van der Waals surface area contributed by atoms with Gasteiger partial charge in [-0.2, -0.15) is 0 Å². The molecule has 0 aliphatic carbocycles. The van der Waals surface area contributed by atoms with Crippen LogP contribution in [0, 0.1) is 0 Å². The van der Waals surface area contributed by atoms with Gasteiger partial charge in [0.05, 0.1) is 0 Å². The fraction of sp³-hybridized carbons (Fsp3) is 0.200. The molecule has 1 amide bonds. The average Bonchev–Trinajstić information content (AvgIpc) is 2.82. The van der Waals surface area contributed by atoms with E-state index in [1.165, 1.54) is 11.5 Å². The van der Waals surface area contributed by atoms with Crippen molar-refractivity contribution in [3.8, 4) is 0 Å². The van der Waals surface area contributed by atoms with Crippen molar-refractivity contribution in [3.05, 3.63) is 23.7 Å². The molecular weight excluding hydrogens is 349 g/mol. The van der Waals surface area contributed by atoms with Gasteiger partial charge in [-0.25, -0.2) is 4.98 Å². The van der Waals surface area contributed by atoms with E-state index in [0.29, 0.717) is 0 Å². The number of nitrogens with one attached hydrogen (secondary N) is 1. The molecule has 6 nitrogen and oxygen atoms in total. The summed E-state index contributed by atoms with van der Waals surface area (Å²) in [5.41, 5.74) is 0.0603. The van der Waals surface area contributed by atoms with Crippen LogP contribution in [0.2, 0.25) is 0 Å². The minimum atomic E-state index is -0.815. The molecule has 1 heterocycles. The molecule has 1 aromatic rings. The summed E-state index contributed by atoms with van der Waals surface area (Å²) in [6.07, 6.45) is 1.47. The summed E-state index contributed by atoms with van der Waals surface area (Å²) in [7, 11) is 0. The van der Waals surface area contributed by atoms with Crippen LogP contribution in [0.25, 0.3) is 0 Å². The van der Waals surface area contributed by atoms with Crippen molar-refractivity contribution >= 4 is 68.9 Å². The highest BCUT2D eigenvalue weighted by Crippen LogP contribution is 2.17. The first-order valence-corrected chi connectivity index (χ1v) is 6.70. The first-order chi connectivity index (χ1) is 9.08. The molecule has 1 rings (SSSR count). The Morgan fingerprint density at radius 2 is 2.30 bits per heavy atom. The first-order valence-electron chi connectivity index (χ1n) is 4.91. The number of hydrogen-bond acceptors (Lipinski definition) is 6. The Morgan fingerprint density at radius 3 is 2.85 bits per heavy atom. The fourth-order valence-corrected chi connectivity index (χ4v) is 1.84. The molecule has 10 heteroatoms. The zero-order valence-corrected chi connectivity index (χ0v) is 13.1. The number of anilines is 1. The molecule has 0 saturated heterocycles. The van der Waals surface area contributed by atoms with E-state index in [9.17, 15) is 9.59 Å². The van der Waals surface area contributed by atoms with Crippen LogP contribution < -0.4 is 5.32 Å². The van der Waals surface area contributed by atoms with Gasteiger partial charge in [-0.3, -0.25) is 9.59 Å². The van der Waals surface area contributed by atoms with E-state index in [4.69, 9.17) is 28.0 Å². The lowest BCUT2D eigenvalue weighted by molar-refractivity contribution is -0.114. The molecule has 0 unspecified atom stereocenters. The summed E-state index contributed by atoms with van der Waals surface area (Å²) in [6, 6.07) is 0. The Kier molecular flexibility index (Phi) is 9.15. The number of halogens is 3. The lowest BCUT2D eigenvalue weighted by Gasteiger charge is -1.98. The maximum atomic E-state index is 11.2. The van der Waals surface area contributed by atoms with Gasteiger partial charge >= 0.3 is 0 Å². The van der Waals surface area contributed by atoms with Gasteiger partial charge in [-0.05, 0) is 11.6 Å². The van der Waals surface area contributed by atoms with Gasteiger partial charge in [0.2, 0.25) is 5.91 Å². The van der Waals surface area contributed by atoms with Crippen LogP contribution in [-0.2, 0) is 14.4 Å². The summed E-state index contributed by atoms with van der Waals surface area (Å²) in [6.45, 7) is 3.57. The normalized spacial score (nSPS) is 10.4. The van der Waals surface area contributed by atoms with Gasteiger partial charge < -0.3 is 10.2 Å². The molecule has 0 fully saturated rings. The second-order valence-corrected chi connectivity index (χ2v) is 4.49. The van der Waals surface area contributed by atoms with Gasteiger partial charge in [0.15, 0.2) is 10.8 Å². The molecule has 0 aliphatic rings. The van der Waals surface area contributed by atoms with Crippen LogP contribution >= 0.6 is 46.9 Å². The Bertz CT molecular complexity index is 519. The predicted octanol–water partition coefficient (Wildman–Crippen LogP) is 2.41. The smallest absolute Gasteiger partial charge is 0.276 e. The molecule has 0 saturated carbocycles. The SMILES string of the molecule is C=CCON=C(C(=O)Cl)c1csc(NC(=O)CCl)n1.Cl. The van der Waals surface area contributed by atoms with Crippen LogP contribution in [0.5, 0.6) is 0 Å². The Labute approximate surface area is 135 Å². The molecule has 0 radical (unpaired) electrons. The van der Waals surface area contributed by atoms with Crippen molar-refractivity contribution < 1.29 is 14.4 Å². The maximum absolute atomic E-state index is 11.2. The highest BCUT2D eigenvalue weighted by atomic mass is 35.5. The lowest BCUT2D eigenvalue weighted by atomic mass is 10.3. The predicted molar refractivity (Wildman–Crippen MR) is 82.3 cm³/mol. The highest BCUT2D eigenvalue weighted by molar-refractivity contribution is 7.14. The van der Waals surface area contributed by atoms with Crippen LogP contribution in [0.4, 0.5) is 5.13 Å². The highest BCUT2D eigenvalue weighted by Gasteiger charge is 2.17. The molecule has 0 bridgehead atoms. The van der Waals surface area contributed by atoms with Crippen molar-refractivity contribution in [2.24, 2.45) is 5.16 Å². The van der Waals surface area contributed by atoms with Crippen LogP contribution in [0.15, 0.2) is 23.2 Å². The van der Waals surface area contributed by atoms with Crippen molar-refractivity contribution in [1.29, 1.82) is 0 Å². The number of amides is 1. The Balaban J connectivity index is 0.00000361. The van der Waals surface area contributed by atoms with E-state index in [1.54, 1.807) is 0 Å². The van der Waals surface area contributed by atoms with Crippen LogP contribution in [0.1, 0.15) is 5.69 Å². The van der Waals surface area contributed by atoms with E-state index in [2.05, 4.69) is 22.0 Å². The molecular formula is C10H10Cl3N3O3S. The van der Waals surface area contributed by atoms with E-state index in [1.807, 2.05) is 0 Å². The van der Waals surface area contributed by atoms with Gasteiger partial charge in [0.1, 0.15) is 18.2 Å². The molecule has 1 aromatic heterocycles. The molecule has 110 valence electrons. The monoisotopic (exact) mass is 357 g/mol. The number of aromatic nitrogens is 1. The number of rotatable bonds is 7. The largest absolute Gasteiger partial charge is 0.391 e. The number of nitrogens with zero attached hydrogens (tertiary/aromatic N) is 2. The number of carbonyl (C=O) groups excluding carboxylic acids is 2. The number of alkyl halides is 1. The average molecular weight is 359 g/mol. The summed E-state index contributed by atoms with van der Waals surface area (Å²) in [5, 5.41) is 6.99. The fourth-order valence-electron chi connectivity index (χ4n) is 0.930. The number of carbonyl (C=O) groups is 2. The number of oxime groups is 1. The minimum absolute atomic E-state index is 0. The van der Waals surface area contributed by atoms with Crippen molar-refractivity contribution in [2.45, 2.75) is 0 Å². The molecule has 1 N–H and O–H groups in total. The number of hydrogen-bond donors (Lipinski definition) is 1. The second kappa shape index (κ2) is 9.71. The van der Waals surface area contributed by atoms with Gasteiger partial charge in [-0.1, -0.05) is 17.8 Å².